The van der Waals surface area contributed by atoms with Gasteiger partial charge >= 0.3 is 0 Å². The fourth-order valence-electron chi connectivity index (χ4n) is 8.01. The van der Waals surface area contributed by atoms with Gasteiger partial charge in [-0.25, -0.2) is 14.4 Å². The molecule has 2 aliphatic heterocycles. The summed E-state index contributed by atoms with van der Waals surface area (Å²) in [6.45, 7) is 11.1. The van der Waals surface area contributed by atoms with Gasteiger partial charge in [-0.15, -0.1) is 11.3 Å². The third-order valence-corrected chi connectivity index (χ3v) is 12.5. The van der Waals surface area contributed by atoms with Gasteiger partial charge in [-0.3, -0.25) is 24.3 Å². The van der Waals surface area contributed by atoms with Crippen LogP contribution in [0, 0.1) is 18.2 Å². The number of nitrogens with one attached hydrogen (secondary N) is 4. The molecule has 4 amide bonds. The monoisotopic (exact) mass is 879 g/mol. The highest BCUT2D eigenvalue weighted by molar-refractivity contribution is 7.13. The molecule has 332 valence electrons. The second-order valence-electron chi connectivity index (χ2n) is 17.0. The number of carbonyl (C=O) groups excluding carboxylic acids is 4. The number of aromatic nitrogens is 4. The second-order valence-corrected chi connectivity index (χ2v) is 17.9. The number of H-pyrrole nitrogens is 1. The van der Waals surface area contributed by atoms with Crippen LogP contribution < -0.4 is 25.6 Å². The molecule has 0 unspecified atom stereocenters. The maximum atomic E-state index is 14.1. The summed E-state index contributed by atoms with van der Waals surface area (Å²) in [6, 6.07) is 16.5. The number of thiazole rings is 1. The average Bonchev–Trinajstić information content (AvgIpc) is 4.06. The lowest BCUT2D eigenvalue weighted by atomic mass is 9.85. The lowest BCUT2D eigenvalue weighted by Crippen LogP contribution is -2.58. The predicted molar refractivity (Wildman–Crippen MR) is 239 cm³/mol. The molecule has 0 saturated carbocycles. The summed E-state index contributed by atoms with van der Waals surface area (Å²) in [5.41, 5.74) is 5.98. The van der Waals surface area contributed by atoms with Gasteiger partial charge in [0, 0.05) is 31.4 Å². The fraction of sp³-hybridized carbons (Fsp3) is 0.413. The van der Waals surface area contributed by atoms with Crippen molar-refractivity contribution in [3.05, 3.63) is 95.1 Å². The van der Waals surface area contributed by atoms with E-state index >= 15 is 0 Å². The van der Waals surface area contributed by atoms with Crippen molar-refractivity contribution in [2.75, 3.05) is 43.6 Å². The Labute approximate surface area is 370 Å². The summed E-state index contributed by atoms with van der Waals surface area (Å²) in [4.78, 5) is 67.8. The molecule has 3 atom stereocenters. The Balaban J connectivity index is 0.887. The summed E-state index contributed by atoms with van der Waals surface area (Å²) < 4.78 is 25.8. The van der Waals surface area contributed by atoms with E-state index in [0.29, 0.717) is 56.8 Å². The van der Waals surface area contributed by atoms with E-state index in [9.17, 15) is 23.6 Å². The lowest BCUT2D eigenvalue weighted by molar-refractivity contribution is -0.145. The fourth-order valence-corrected chi connectivity index (χ4v) is 8.82. The molecule has 0 bridgehead atoms. The molecule has 63 heavy (non-hydrogen) atoms. The molecule has 0 radical (unpaired) electrons. The highest BCUT2D eigenvalue weighted by atomic mass is 32.1. The van der Waals surface area contributed by atoms with Gasteiger partial charge in [0.25, 0.3) is 5.91 Å². The molecular formula is C46H54FN9O6S. The maximum absolute atomic E-state index is 14.1. The summed E-state index contributed by atoms with van der Waals surface area (Å²) >= 11 is 1.59. The molecule has 7 rings (SSSR count). The third-order valence-electron chi connectivity index (χ3n) is 11.6. The Morgan fingerprint density at radius 3 is 2.43 bits per heavy atom. The smallest absolute Gasteiger partial charge is 0.274 e. The van der Waals surface area contributed by atoms with Crippen LogP contribution >= 0.6 is 11.3 Å². The first kappa shape index (κ1) is 44.8. The van der Waals surface area contributed by atoms with Gasteiger partial charge in [-0.1, -0.05) is 51.1 Å². The van der Waals surface area contributed by atoms with Crippen molar-refractivity contribution < 1.29 is 33.0 Å². The van der Waals surface area contributed by atoms with Gasteiger partial charge in [0.05, 0.1) is 52.9 Å². The van der Waals surface area contributed by atoms with Crippen molar-refractivity contribution in [3.8, 4) is 27.6 Å². The number of piperidine rings is 1. The molecule has 0 spiro atoms. The largest absolute Gasteiger partial charge is 0.494 e. The van der Waals surface area contributed by atoms with Gasteiger partial charge in [0.15, 0.2) is 5.82 Å². The highest BCUT2D eigenvalue weighted by Gasteiger charge is 2.42. The number of methoxy groups -OCH3 is 1. The van der Waals surface area contributed by atoms with Gasteiger partial charge in [0.2, 0.25) is 17.7 Å². The van der Waals surface area contributed by atoms with Crippen molar-refractivity contribution in [2.45, 2.75) is 84.5 Å². The van der Waals surface area contributed by atoms with Crippen molar-refractivity contribution in [1.82, 2.24) is 35.7 Å². The van der Waals surface area contributed by atoms with Crippen molar-refractivity contribution >= 4 is 46.3 Å². The molecule has 5 aromatic rings. The molecule has 15 nitrogen and oxygen atoms in total. The van der Waals surface area contributed by atoms with Crippen LogP contribution in [0.1, 0.15) is 81.2 Å². The molecule has 17 heteroatoms. The highest BCUT2D eigenvalue weighted by Crippen LogP contribution is 2.33. The number of hydrogen-bond acceptors (Lipinski definition) is 11. The van der Waals surface area contributed by atoms with E-state index in [1.54, 1.807) is 34.4 Å². The average molecular weight is 880 g/mol. The zero-order chi connectivity index (χ0) is 44.8. The standard InChI is InChI=1S/C46H54FN9O6S/c1-27(29-12-14-30(15-13-29)41-28(2)48-26-63-41)50-44(59)37-11-8-20-56(37)45(60)42(46(3,4)5)53-39(57)25-62-32-18-21-55(22-19-32)31-16-17-34(38(23-31)61-6)52-43(58)36-10-7-9-35(51-36)40-33(47)24-49-54-40/h7,9-10,12-17,23-24,26-27,32,37,42H,8,11,18-22,25H2,1-6H3,(H,49,54)(H,50,59)(H,52,58)(H,53,57)/t27-,37-,42+/m0/s1. The molecular weight excluding hydrogens is 826 g/mol. The van der Waals surface area contributed by atoms with E-state index in [-0.39, 0.29) is 47.6 Å². The molecule has 4 N–H and O–H groups in total. The molecule has 5 heterocycles. The molecule has 2 fully saturated rings. The Bertz CT molecular complexity index is 2420. The summed E-state index contributed by atoms with van der Waals surface area (Å²) in [6.07, 6.45) is 3.42. The topological polar surface area (TPSA) is 184 Å². The zero-order valence-corrected chi connectivity index (χ0v) is 37.2. The van der Waals surface area contributed by atoms with Gasteiger partial charge in [-0.05, 0) is 80.3 Å². The predicted octanol–water partition coefficient (Wildman–Crippen LogP) is 6.69. The molecule has 2 aliphatic rings. The van der Waals surface area contributed by atoms with Crippen LogP contribution in [-0.4, -0.2) is 100 Å². The Kier molecular flexibility index (Phi) is 13.9. The number of carbonyl (C=O) groups is 4. The summed E-state index contributed by atoms with van der Waals surface area (Å²) in [5, 5.41) is 15.1. The van der Waals surface area contributed by atoms with E-state index in [2.05, 4.69) is 41.0 Å². The number of rotatable bonds is 14. The van der Waals surface area contributed by atoms with Crippen molar-refractivity contribution in [1.29, 1.82) is 0 Å². The van der Waals surface area contributed by atoms with Crippen molar-refractivity contribution in [3.63, 3.8) is 0 Å². The van der Waals surface area contributed by atoms with E-state index in [0.717, 1.165) is 33.6 Å². The minimum atomic E-state index is -0.861. The lowest BCUT2D eigenvalue weighted by Gasteiger charge is -2.36. The van der Waals surface area contributed by atoms with Crippen LogP contribution in [0.2, 0.25) is 0 Å². The minimum Gasteiger partial charge on any atom is -0.494 e. The van der Waals surface area contributed by atoms with Crippen LogP contribution in [0.15, 0.2) is 72.4 Å². The van der Waals surface area contributed by atoms with Crippen LogP contribution in [0.5, 0.6) is 5.75 Å². The summed E-state index contributed by atoms with van der Waals surface area (Å²) in [5.74, 6) is -1.50. The first-order valence-corrected chi connectivity index (χ1v) is 22.0. The number of nitrogens with zero attached hydrogens (tertiary/aromatic N) is 5. The number of halogens is 1. The van der Waals surface area contributed by atoms with E-state index < -0.39 is 35.1 Å². The first-order valence-electron chi connectivity index (χ1n) is 21.1. The quantitative estimate of drug-likeness (QED) is 0.0938. The first-order chi connectivity index (χ1) is 30.2. The van der Waals surface area contributed by atoms with Crippen LogP contribution in [0.3, 0.4) is 0 Å². The van der Waals surface area contributed by atoms with E-state index in [1.807, 2.05) is 76.5 Å². The van der Waals surface area contributed by atoms with Gasteiger partial charge in [0.1, 0.15) is 35.8 Å². The third kappa shape index (κ3) is 10.5. The second kappa shape index (κ2) is 19.5. The molecule has 0 aliphatic carbocycles. The normalized spacial score (nSPS) is 16.7. The zero-order valence-electron chi connectivity index (χ0n) is 36.4. The van der Waals surface area contributed by atoms with Crippen LogP contribution in [-0.2, 0) is 19.1 Å². The van der Waals surface area contributed by atoms with Gasteiger partial charge < -0.3 is 35.2 Å². The number of hydrogen-bond donors (Lipinski definition) is 4. The molecule has 2 aromatic carbocycles. The maximum Gasteiger partial charge on any atom is 0.274 e. The molecule has 2 saturated heterocycles. The number of pyridine rings is 1. The summed E-state index contributed by atoms with van der Waals surface area (Å²) in [7, 11) is 1.52. The number of ether oxygens (including phenoxy) is 2. The number of benzene rings is 2. The SMILES string of the molecule is COc1cc(N2CCC(OCC(=O)N[C@H](C(=O)N3CCC[C@H]3C(=O)N[C@@H](C)c3ccc(-c4scnc4C)cc3)C(C)(C)C)CC2)ccc1NC(=O)c1cccc(-c2[nH]ncc2F)n1. The molecule has 3 aromatic heterocycles. The van der Waals surface area contributed by atoms with Crippen molar-refractivity contribution in [2.24, 2.45) is 5.41 Å². The van der Waals surface area contributed by atoms with E-state index in [4.69, 9.17) is 9.47 Å². The number of aromatic amines is 1. The Morgan fingerprint density at radius 1 is 1.00 bits per heavy atom. The Morgan fingerprint density at radius 2 is 1.76 bits per heavy atom. The number of amides is 4. The minimum absolute atomic E-state index is 0.0900. The number of likely N-dealkylation sites (tertiary alicyclic amines) is 1. The van der Waals surface area contributed by atoms with Gasteiger partial charge in [-0.2, -0.15) is 5.10 Å². The van der Waals surface area contributed by atoms with E-state index in [1.165, 1.54) is 13.2 Å². The number of anilines is 2. The number of aryl methyl sites for hydroxylation is 1. The van der Waals surface area contributed by atoms with Crippen LogP contribution in [0.25, 0.3) is 21.8 Å². The van der Waals surface area contributed by atoms with Crippen LogP contribution in [0.4, 0.5) is 15.8 Å². The Hall–Kier alpha value is -6.20.